The number of rotatable bonds is 4. The average molecular weight is 501 g/mol. The van der Waals surface area contributed by atoms with Gasteiger partial charge < -0.3 is 9.79 Å². The summed E-state index contributed by atoms with van der Waals surface area (Å²) in [6, 6.07) is 8.69. The monoisotopic (exact) mass is 500 g/mol. The first kappa shape index (κ1) is 30.0. The van der Waals surface area contributed by atoms with Crippen molar-refractivity contribution in [3.63, 3.8) is 0 Å². The van der Waals surface area contributed by atoms with Crippen LogP contribution in [0.2, 0.25) is 0 Å². The second kappa shape index (κ2) is 9.90. The molecule has 0 saturated carbocycles. The van der Waals surface area contributed by atoms with Crippen LogP contribution in [0, 0.1) is 13.8 Å². The molecule has 2 aromatic rings. The first-order valence-electron chi connectivity index (χ1n) is 12.7. The Morgan fingerprint density at radius 1 is 0.571 bits per heavy atom. The molecule has 0 aliphatic rings. The van der Waals surface area contributed by atoms with E-state index >= 15 is 0 Å². The fraction of sp³-hybridized carbons (Fsp3) is 0.613. The van der Waals surface area contributed by atoms with Gasteiger partial charge in [-0.05, 0) is 80.0 Å². The van der Waals surface area contributed by atoms with Crippen LogP contribution in [0.5, 0.6) is 0 Å². The zero-order valence-corrected chi connectivity index (χ0v) is 25.5. The van der Waals surface area contributed by atoms with E-state index in [1.165, 1.54) is 33.4 Å². The molecule has 0 heterocycles. The van der Waals surface area contributed by atoms with Gasteiger partial charge in [-0.3, -0.25) is 4.52 Å². The maximum atomic E-state index is 10.1. The van der Waals surface area contributed by atoms with Crippen LogP contribution in [0.15, 0.2) is 24.3 Å². The van der Waals surface area contributed by atoms with Gasteiger partial charge in [-0.1, -0.05) is 107 Å². The van der Waals surface area contributed by atoms with E-state index in [-0.39, 0.29) is 21.7 Å². The van der Waals surface area contributed by atoms with Gasteiger partial charge in [-0.15, -0.1) is 0 Å². The minimum absolute atomic E-state index is 0.00105. The highest BCUT2D eigenvalue weighted by molar-refractivity contribution is 7.39. The Hall–Kier alpha value is -1.25. The van der Waals surface area contributed by atoms with Crippen molar-refractivity contribution in [2.45, 2.75) is 125 Å². The Morgan fingerprint density at radius 3 is 1.11 bits per heavy atom. The highest BCUT2D eigenvalue weighted by atomic mass is 31.2. The Balaban J connectivity index is 3.02. The molecule has 196 valence electrons. The number of benzene rings is 2. The van der Waals surface area contributed by atoms with Crippen molar-refractivity contribution in [1.82, 2.24) is 0 Å². The molecule has 0 aromatic heterocycles. The lowest BCUT2D eigenvalue weighted by atomic mass is 9.71. The normalized spacial score (nSPS) is 13.8. The SMILES string of the molecule is Cc1c(C(C)(C)C)ccc(C(OP(O)O)c2ccc(C(C)(C)C)c(C)c2C(C)(C)C)c1C(C)(C)C. The molecule has 0 bridgehead atoms. The topological polar surface area (TPSA) is 49.7 Å². The van der Waals surface area contributed by atoms with E-state index in [4.69, 9.17) is 4.52 Å². The molecule has 3 nitrogen and oxygen atoms in total. The summed E-state index contributed by atoms with van der Waals surface area (Å²) in [7, 11) is -2.56. The van der Waals surface area contributed by atoms with E-state index < -0.39 is 14.7 Å². The van der Waals surface area contributed by atoms with Crippen molar-refractivity contribution < 1.29 is 14.3 Å². The third-order valence-electron chi connectivity index (χ3n) is 6.88. The Labute approximate surface area is 216 Å². The van der Waals surface area contributed by atoms with Crippen LogP contribution in [-0.4, -0.2) is 9.79 Å². The number of hydrogen-bond acceptors (Lipinski definition) is 3. The standard InChI is InChI=1S/C31H49O3P/c1-19-23(28(3,4)5)17-15-21(25(19)30(9,10)11)27(34-35(32)33)22-16-18-24(29(6,7)8)20(2)26(22)31(12,13)14/h15-18,27,32-33H,1-14H3. The summed E-state index contributed by atoms with van der Waals surface area (Å²) >= 11 is 0. The van der Waals surface area contributed by atoms with Gasteiger partial charge in [0.2, 0.25) is 0 Å². The summed E-state index contributed by atoms with van der Waals surface area (Å²) in [5.74, 6) is 0. The number of hydrogen-bond donors (Lipinski definition) is 2. The summed E-state index contributed by atoms with van der Waals surface area (Å²) in [6.07, 6.45) is -0.583. The van der Waals surface area contributed by atoms with E-state index in [0.717, 1.165) is 11.1 Å². The van der Waals surface area contributed by atoms with Gasteiger partial charge in [-0.25, -0.2) is 0 Å². The first-order valence-corrected chi connectivity index (χ1v) is 13.9. The van der Waals surface area contributed by atoms with Crippen molar-refractivity contribution >= 4 is 8.60 Å². The van der Waals surface area contributed by atoms with Gasteiger partial charge in [0.25, 0.3) is 0 Å². The van der Waals surface area contributed by atoms with E-state index in [0.29, 0.717) is 0 Å². The largest absolute Gasteiger partial charge is 0.328 e. The third-order valence-corrected chi connectivity index (χ3v) is 7.27. The molecule has 4 heteroatoms. The quantitative estimate of drug-likeness (QED) is 0.412. The lowest BCUT2D eigenvalue weighted by molar-refractivity contribution is 0.200. The van der Waals surface area contributed by atoms with Gasteiger partial charge in [0.15, 0.2) is 0 Å². The third kappa shape index (κ3) is 6.55. The molecule has 2 N–H and O–H groups in total. The molecule has 0 fully saturated rings. The smallest absolute Gasteiger partial charge is 0.327 e. The molecule has 2 rings (SSSR count). The molecule has 0 amide bonds. The molecule has 0 aliphatic carbocycles. The lowest BCUT2D eigenvalue weighted by Crippen LogP contribution is -2.26. The molecule has 35 heavy (non-hydrogen) atoms. The van der Waals surface area contributed by atoms with Crippen LogP contribution in [0.1, 0.15) is 134 Å². The maximum absolute atomic E-state index is 10.1. The Morgan fingerprint density at radius 2 is 0.886 bits per heavy atom. The molecule has 2 aromatic carbocycles. The van der Waals surface area contributed by atoms with Crippen LogP contribution < -0.4 is 0 Å². The predicted octanol–water partition coefficient (Wildman–Crippen LogP) is 8.81. The summed E-state index contributed by atoms with van der Waals surface area (Å²) in [5.41, 5.74) is 9.23. The van der Waals surface area contributed by atoms with Crippen molar-refractivity contribution in [1.29, 1.82) is 0 Å². The fourth-order valence-electron chi connectivity index (χ4n) is 5.89. The van der Waals surface area contributed by atoms with Gasteiger partial charge in [0.05, 0.1) is 0 Å². The van der Waals surface area contributed by atoms with Gasteiger partial charge >= 0.3 is 8.60 Å². The van der Waals surface area contributed by atoms with Crippen LogP contribution in [0.3, 0.4) is 0 Å². The van der Waals surface area contributed by atoms with E-state index in [9.17, 15) is 9.79 Å². The predicted molar refractivity (Wildman–Crippen MR) is 151 cm³/mol. The Bertz CT molecular complexity index is 974. The van der Waals surface area contributed by atoms with E-state index in [1.54, 1.807) is 0 Å². The van der Waals surface area contributed by atoms with Crippen LogP contribution >= 0.6 is 8.60 Å². The average Bonchev–Trinajstić information content (AvgIpc) is 2.61. The summed E-state index contributed by atoms with van der Waals surface area (Å²) < 4.78 is 6.03. The molecule has 0 spiro atoms. The molecular formula is C31H49O3P. The van der Waals surface area contributed by atoms with Crippen molar-refractivity contribution in [3.05, 3.63) is 68.8 Å². The molecular weight excluding hydrogens is 451 g/mol. The Kier molecular flexibility index (Phi) is 8.48. The molecule has 0 radical (unpaired) electrons. The maximum Gasteiger partial charge on any atom is 0.327 e. The zero-order chi connectivity index (χ0) is 27.3. The summed E-state index contributed by atoms with van der Waals surface area (Å²) in [5, 5.41) is 0. The second-order valence-corrected chi connectivity index (χ2v) is 14.9. The van der Waals surface area contributed by atoms with E-state index in [2.05, 4.69) is 121 Å². The molecule has 0 atom stereocenters. The van der Waals surface area contributed by atoms with Crippen LogP contribution in [0.4, 0.5) is 0 Å². The van der Waals surface area contributed by atoms with Crippen molar-refractivity contribution in [3.8, 4) is 0 Å². The van der Waals surface area contributed by atoms with Crippen molar-refractivity contribution in [2.75, 3.05) is 0 Å². The highest BCUT2D eigenvalue weighted by Gasteiger charge is 2.35. The van der Waals surface area contributed by atoms with Crippen LogP contribution in [0.25, 0.3) is 0 Å². The highest BCUT2D eigenvalue weighted by Crippen LogP contribution is 2.48. The van der Waals surface area contributed by atoms with Gasteiger partial charge in [-0.2, -0.15) is 0 Å². The molecule has 0 aliphatic heterocycles. The zero-order valence-electron chi connectivity index (χ0n) is 24.6. The van der Waals surface area contributed by atoms with E-state index in [1.807, 2.05) is 0 Å². The second-order valence-electron chi connectivity index (χ2n) is 14.1. The molecule has 0 unspecified atom stereocenters. The van der Waals surface area contributed by atoms with Gasteiger partial charge in [0, 0.05) is 0 Å². The summed E-state index contributed by atoms with van der Waals surface area (Å²) in [6.45, 7) is 31.2. The lowest BCUT2D eigenvalue weighted by Gasteiger charge is -2.36. The fourth-order valence-corrected chi connectivity index (χ4v) is 6.31. The minimum Gasteiger partial charge on any atom is -0.328 e. The van der Waals surface area contributed by atoms with Gasteiger partial charge in [0.1, 0.15) is 6.10 Å². The molecule has 0 saturated heterocycles. The van der Waals surface area contributed by atoms with Crippen molar-refractivity contribution in [2.24, 2.45) is 0 Å². The van der Waals surface area contributed by atoms with Crippen LogP contribution in [-0.2, 0) is 26.2 Å². The first-order chi connectivity index (χ1) is 15.6. The summed E-state index contributed by atoms with van der Waals surface area (Å²) in [4.78, 5) is 20.3. The minimum atomic E-state index is -2.56.